The number of hydrogen-bond donors (Lipinski definition) is 2. The van der Waals surface area contributed by atoms with Gasteiger partial charge in [0.25, 0.3) is 0 Å². The highest BCUT2D eigenvalue weighted by Crippen LogP contribution is 2.28. The van der Waals surface area contributed by atoms with Crippen molar-refractivity contribution in [3.05, 3.63) is 39.3 Å². The maximum Gasteiger partial charge on any atom is 0.0901 e. The van der Waals surface area contributed by atoms with E-state index in [9.17, 15) is 0 Å². The molecular weight excluding hydrogens is 232 g/mol. The van der Waals surface area contributed by atoms with Gasteiger partial charge in [0.1, 0.15) is 0 Å². The van der Waals surface area contributed by atoms with E-state index in [4.69, 9.17) is 17.4 Å². The van der Waals surface area contributed by atoms with Crippen molar-refractivity contribution in [2.75, 3.05) is 0 Å². The van der Waals surface area contributed by atoms with Gasteiger partial charge in [-0.2, -0.15) is 16.4 Å². The van der Waals surface area contributed by atoms with Gasteiger partial charge < -0.3 is 0 Å². The van der Waals surface area contributed by atoms with Gasteiger partial charge in [-0.05, 0) is 22.4 Å². The highest BCUT2D eigenvalue weighted by Gasteiger charge is 2.19. The van der Waals surface area contributed by atoms with Gasteiger partial charge in [0, 0.05) is 7.05 Å². The molecule has 0 saturated heterocycles. The fourth-order valence-corrected chi connectivity index (χ4v) is 2.48. The molecule has 2 aromatic rings. The first-order chi connectivity index (χ1) is 7.24. The summed E-state index contributed by atoms with van der Waals surface area (Å²) in [6.07, 6.45) is 1.62. The van der Waals surface area contributed by atoms with Crippen molar-refractivity contribution in [2.24, 2.45) is 12.9 Å². The van der Waals surface area contributed by atoms with Gasteiger partial charge in [0.05, 0.1) is 23.0 Å². The molecule has 0 bridgehead atoms. The molecule has 0 spiro atoms. The van der Waals surface area contributed by atoms with Crippen molar-refractivity contribution in [2.45, 2.75) is 6.04 Å². The van der Waals surface area contributed by atoms with Gasteiger partial charge >= 0.3 is 0 Å². The minimum atomic E-state index is -0.115. The Kier molecular flexibility index (Phi) is 3.06. The second-order valence-electron chi connectivity index (χ2n) is 3.16. The van der Waals surface area contributed by atoms with Gasteiger partial charge in [-0.3, -0.25) is 10.5 Å². The van der Waals surface area contributed by atoms with Crippen molar-refractivity contribution in [3.63, 3.8) is 0 Å². The Morgan fingerprint density at radius 1 is 1.67 bits per heavy atom. The number of hydrazine groups is 1. The average molecular weight is 243 g/mol. The first kappa shape index (κ1) is 10.6. The van der Waals surface area contributed by atoms with Crippen LogP contribution in [0.5, 0.6) is 0 Å². The van der Waals surface area contributed by atoms with Gasteiger partial charge in [-0.15, -0.1) is 0 Å². The number of nitrogens with two attached hydrogens (primary N) is 1. The Balaban J connectivity index is 2.44. The van der Waals surface area contributed by atoms with E-state index in [0.29, 0.717) is 5.02 Å². The van der Waals surface area contributed by atoms with Crippen molar-refractivity contribution in [3.8, 4) is 0 Å². The number of halogens is 1. The molecular formula is C9H11ClN4S. The van der Waals surface area contributed by atoms with Gasteiger partial charge in [-0.1, -0.05) is 11.6 Å². The number of aromatic nitrogens is 2. The molecule has 3 N–H and O–H groups in total. The summed E-state index contributed by atoms with van der Waals surface area (Å²) in [5.74, 6) is 5.55. The molecule has 0 aliphatic carbocycles. The molecule has 0 aromatic carbocycles. The van der Waals surface area contributed by atoms with E-state index < -0.39 is 0 Å². The smallest absolute Gasteiger partial charge is 0.0901 e. The van der Waals surface area contributed by atoms with Crippen LogP contribution in [0.25, 0.3) is 0 Å². The first-order valence-corrected chi connectivity index (χ1v) is 5.71. The van der Waals surface area contributed by atoms with Crippen molar-refractivity contribution >= 4 is 22.9 Å². The highest BCUT2D eigenvalue weighted by molar-refractivity contribution is 7.08. The van der Waals surface area contributed by atoms with Crippen LogP contribution in [-0.4, -0.2) is 9.78 Å². The molecule has 6 heteroatoms. The molecule has 0 aliphatic rings. The normalized spacial score (nSPS) is 13.0. The lowest BCUT2D eigenvalue weighted by atomic mass is 10.1. The lowest BCUT2D eigenvalue weighted by molar-refractivity contribution is 0.576. The highest BCUT2D eigenvalue weighted by atomic mass is 35.5. The molecule has 2 heterocycles. The third kappa shape index (κ3) is 1.91. The Bertz CT molecular complexity index is 417. The number of hydrogen-bond acceptors (Lipinski definition) is 4. The summed E-state index contributed by atoms with van der Waals surface area (Å²) < 4.78 is 1.73. The van der Waals surface area contributed by atoms with Crippen molar-refractivity contribution < 1.29 is 0 Å². The van der Waals surface area contributed by atoms with E-state index in [1.165, 1.54) is 0 Å². The Hall–Kier alpha value is -0.880. The molecule has 0 aliphatic heterocycles. The third-order valence-electron chi connectivity index (χ3n) is 2.25. The van der Waals surface area contributed by atoms with Crippen LogP contribution >= 0.6 is 22.9 Å². The summed E-state index contributed by atoms with van der Waals surface area (Å²) in [6.45, 7) is 0. The quantitative estimate of drug-likeness (QED) is 0.636. The van der Waals surface area contributed by atoms with Crippen LogP contribution in [0.2, 0.25) is 5.02 Å². The Labute approximate surface area is 96.6 Å². The van der Waals surface area contributed by atoms with Crippen molar-refractivity contribution in [1.29, 1.82) is 0 Å². The summed E-state index contributed by atoms with van der Waals surface area (Å²) in [5, 5.41) is 8.74. The summed E-state index contributed by atoms with van der Waals surface area (Å²) in [6, 6.07) is 1.90. The molecule has 2 aromatic heterocycles. The number of nitrogens with zero attached hydrogens (tertiary/aromatic N) is 2. The second-order valence-corrected chi connectivity index (χ2v) is 4.34. The monoisotopic (exact) mass is 242 g/mol. The van der Waals surface area contributed by atoms with Crippen LogP contribution in [0, 0.1) is 0 Å². The summed E-state index contributed by atoms with van der Waals surface area (Å²) >= 11 is 7.68. The molecule has 4 nitrogen and oxygen atoms in total. The molecule has 80 valence electrons. The minimum Gasteiger partial charge on any atom is -0.271 e. The number of aryl methyl sites for hydroxylation is 1. The van der Waals surface area contributed by atoms with Crippen LogP contribution in [0.1, 0.15) is 17.3 Å². The number of nitrogens with one attached hydrogen (secondary N) is 1. The topological polar surface area (TPSA) is 55.9 Å². The maximum absolute atomic E-state index is 6.06. The van der Waals surface area contributed by atoms with Crippen LogP contribution in [0.15, 0.2) is 23.0 Å². The first-order valence-electron chi connectivity index (χ1n) is 4.39. The molecule has 0 radical (unpaired) electrons. The van der Waals surface area contributed by atoms with Crippen LogP contribution < -0.4 is 11.3 Å². The molecule has 15 heavy (non-hydrogen) atoms. The average Bonchev–Trinajstić information content (AvgIpc) is 2.83. The van der Waals surface area contributed by atoms with E-state index in [2.05, 4.69) is 10.5 Å². The zero-order chi connectivity index (χ0) is 10.8. The standard InChI is InChI=1S/C9H11ClN4S/c1-14-9(7(10)4-12-14)8(13-11)6-2-3-15-5-6/h2-5,8,13H,11H2,1H3. The van der Waals surface area contributed by atoms with Crippen LogP contribution in [-0.2, 0) is 7.05 Å². The third-order valence-corrected chi connectivity index (χ3v) is 3.25. The van der Waals surface area contributed by atoms with Gasteiger partial charge in [0.2, 0.25) is 0 Å². The van der Waals surface area contributed by atoms with Crippen LogP contribution in [0.4, 0.5) is 0 Å². The second kappa shape index (κ2) is 4.32. The maximum atomic E-state index is 6.06. The molecule has 0 amide bonds. The van der Waals surface area contributed by atoms with E-state index in [1.807, 2.05) is 23.9 Å². The van der Waals surface area contributed by atoms with E-state index in [-0.39, 0.29) is 6.04 Å². The fraction of sp³-hybridized carbons (Fsp3) is 0.222. The zero-order valence-electron chi connectivity index (χ0n) is 8.14. The van der Waals surface area contributed by atoms with E-state index >= 15 is 0 Å². The lowest BCUT2D eigenvalue weighted by Gasteiger charge is -2.15. The molecule has 2 rings (SSSR count). The molecule has 1 atom stereocenters. The van der Waals surface area contributed by atoms with Crippen LogP contribution in [0.3, 0.4) is 0 Å². The van der Waals surface area contributed by atoms with Gasteiger partial charge in [0.15, 0.2) is 0 Å². The lowest BCUT2D eigenvalue weighted by Crippen LogP contribution is -2.30. The number of rotatable bonds is 3. The molecule has 1 unspecified atom stereocenters. The predicted octanol–water partition coefficient (Wildman–Crippen LogP) is 1.69. The predicted molar refractivity (Wildman–Crippen MR) is 61.7 cm³/mol. The Morgan fingerprint density at radius 3 is 2.93 bits per heavy atom. The van der Waals surface area contributed by atoms with Crippen molar-refractivity contribution in [1.82, 2.24) is 15.2 Å². The SMILES string of the molecule is Cn1ncc(Cl)c1C(NN)c1ccsc1. The van der Waals surface area contributed by atoms with E-state index in [1.54, 1.807) is 22.2 Å². The van der Waals surface area contributed by atoms with E-state index in [0.717, 1.165) is 11.3 Å². The largest absolute Gasteiger partial charge is 0.271 e. The minimum absolute atomic E-state index is 0.115. The summed E-state index contributed by atoms with van der Waals surface area (Å²) in [7, 11) is 1.85. The van der Waals surface area contributed by atoms with Gasteiger partial charge in [-0.25, -0.2) is 5.43 Å². The Morgan fingerprint density at radius 2 is 2.47 bits per heavy atom. The summed E-state index contributed by atoms with van der Waals surface area (Å²) in [4.78, 5) is 0. The fourth-order valence-electron chi connectivity index (χ4n) is 1.52. The zero-order valence-corrected chi connectivity index (χ0v) is 9.72. The summed E-state index contributed by atoms with van der Waals surface area (Å²) in [5.41, 5.74) is 4.71. The molecule has 0 saturated carbocycles. The molecule has 0 fully saturated rings. The number of thiophene rings is 1.